The largest absolute Gasteiger partial charge is 0.449 e. The van der Waals surface area contributed by atoms with Crippen LogP contribution in [0.2, 0.25) is 0 Å². The molecule has 1 saturated carbocycles. The summed E-state index contributed by atoms with van der Waals surface area (Å²) in [4.78, 5) is 24.9. The van der Waals surface area contributed by atoms with Gasteiger partial charge in [-0.1, -0.05) is 56.2 Å². The SMILES string of the molecule is C[C@@H](OC(=O)c1cccc2ccccc12)C(=O)N[C@H]1CCCC[C@@H]1C. The average molecular weight is 339 g/mol. The van der Waals surface area contributed by atoms with Crippen LogP contribution in [0.1, 0.15) is 49.9 Å². The second kappa shape index (κ2) is 7.68. The molecular formula is C21H25NO3. The van der Waals surface area contributed by atoms with E-state index in [1.165, 1.54) is 6.42 Å². The minimum atomic E-state index is -0.805. The number of esters is 1. The van der Waals surface area contributed by atoms with Crippen LogP contribution in [0.25, 0.3) is 10.8 Å². The van der Waals surface area contributed by atoms with Crippen molar-refractivity contribution < 1.29 is 14.3 Å². The highest BCUT2D eigenvalue weighted by atomic mass is 16.5. The van der Waals surface area contributed by atoms with Gasteiger partial charge in [-0.25, -0.2) is 4.79 Å². The molecule has 0 saturated heterocycles. The molecular weight excluding hydrogens is 314 g/mol. The van der Waals surface area contributed by atoms with E-state index in [2.05, 4.69) is 12.2 Å². The summed E-state index contributed by atoms with van der Waals surface area (Å²) in [5, 5.41) is 4.86. The van der Waals surface area contributed by atoms with Gasteiger partial charge in [-0.05, 0) is 42.5 Å². The molecule has 4 nitrogen and oxygen atoms in total. The minimum absolute atomic E-state index is 0.181. The van der Waals surface area contributed by atoms with Crippen molar-refractivity contribution in [2.75, 3.05) is 0 Å². The zero-order chi connectivity index (χ0) is 17.8. The number of hydrogen-bond acceptors (Lipinski definition) is 3. The molecule has 25 heavy (non-hydrogen) atoms. The number of fused-ring (bicyclic) bond motifs is 1. The second-order valence-corrected chi connectivity index (χ2v) is 6.95. The Labute approximate surface area is 148 Å². The second-order valence-electron chi connectivity index (χ2n) is 6.95. The molecule has 0 heterocycles. The van der Waals surface area contributed by atoms with Gasteiger partial charge in [0.2, 0.25) is 0 Å². The average Bonchev–Trinajstić information content (AvgIpc) is 2.63. The molecule has 0 aliphatic heterocycles. The predicted octanol–water partition coefficient (Wildman–Crippen LogP) is 4.08. The highest BCUT2D eigenvalue weighted by Gasteiger charge is 2.26. The smallest absolute Gasteiger partial charge is 0.339 e. The van der Waals surface area contributed by atoms with Crippen LogP contribution in [-0.4, -0.2) is 24.0 Å². The monoisotopic (exact) mass is 339 g/mol. The molecule has 2 aromatic rings. The Hall–Kier alpha value is -2.36. The minimum Gasteiger partial charge on any atom is -0.449 e. The first-order chi connectivity index (χ1) is 12.1. The Morgan fingerprint density at radius 1 is 1.08 bits per heavy atom. The third-order valence-corrected chi connectivity index (χ3v) is 5.10. The zero-order valence-corrected chi connectivity index (χ0v) is 14.8. The molecule has 0 bridgehead atoms. The van der Waals surface area contributed by atoms with Crippen molar-refractivity contribution in [1.82, 2.24) is 5.32 Å². The Kier molecular flexibility index (Phi) is 5.37. The molecule has 3 rings (SSSR count). The first-order valence-electron chi connectivity index (χ1n) is 9.05. The molecule has 0 aromatic heterocycles. The fraction of sp³-hybridized carbons (Fsp3) is 0.429. The van der Waals surface area contributed by atoms with Crippen molar-refractivity contribution in [3.05, 3.63) is 48.0 Å². The van der Waals surface area contributed by atoms with E-state index in [9.17, 15) is 9.59 Å². The van der Waals surface area contributed by atoms with E-state index in [0.29, 0.717) is 11.5 Å². The van der Waals surface area contributed by atoms with Crippen molar-refractivity contribution in [2.24, 2.45) is 5.92 Å². The van der Waals surface area contributed by atoms with Gasteiger partial charge in [0.1, 0.15) is 0 Å². The lowest BCUT2D eigenvalue weighted by Gasteiger charge is -2.30. The van der Waals surface area contributed by atoms with Gasteiger partial charge < -0.3 is 10.1 Å². The van der Waals surface area contributed by atoms with Crippen LogP contribution < -0.4 is 5.32 Å². The highest BCUT2D eigenvalue weighted by Crippen LogP contribution is 2.24. The van der Waals surface area contributed by atoms with Gasteiger partial charge in [-0.2, -0.15) is 0 Å². The van der Waals surface area contributed by atoms with Gasteiger partial charge in [-0.3, -0.25) is 4.79 Å². The molecule has 1 aliphatic rings. The summed E-state index contributed by atoms with van der Waals surface area (Å²) < 4.78 is 5.43. The maximum atomic E-state index is 12.5. The number of benzene rings is 2. The fourth-order valence-corrected chi connectivity index (χ4v) is 3.51. The summed E-state index contributed by atoms with van der Waals surface area (Å²) in [6, 6.07) is 13.4. The van der Waals surface area contributed by atoms with Gasteiger partial charge in [-0.15, -0.1) is 0 Å². The van der Waals surface area contributed by atoms with E-state index in [1.54, 1.807) is 13.0 Å². The number of hydrogen-bond donors (Lipinski definition) is 1. The van der Waals surface area contributed by atoms with Crippen molar-refractivity contribution in [1.29, 1.82) is 0 Å². The van der Waals surface area contributed by atoms with Gasteiger partial charge >= 0.3 is 5.97 Å². The van der Waals surface area contributed by atoms with Crippen LogP contribution in [0.4, 0.5) is 0 Å². The fourth-order valence-electron chi connectivity index (χ4n) is 3.51. The molecule has 0 unspecified atom stereocenters. The molecule has 3 atom stereocenters. The summed E-state index contributed by atoms with van der Waals surface area (Å²) in [5.74, 6) is -0.206. The van der Waals surface area contributed by atoms with Crippen LogP contribution in [0.3, 0.4) is 0 Å². The van der Waals surface area contributed by atoms with Crippen molar-refractivity contribution in [3.8, 4) is 0 Å². The highest BCUT2D eigenvalue weighted by molar-refractivity contribution is 6.05. The molecule has 4 heteroatoms. The molecule has 0 radical (unpaired) electrons. The number of rotatable bonds is 4. The molecule has 1 amide bonds. The molecule has 132 valence electrons. The van der Waals surface area contributed by atoms with Crippen LogP contribution in [0, 0.1) is 5.92 Å². The standard InChI is InChI=1S/C21H25NO3/c1-14-8-3-6-13-19(14)22-20(23)15(2)25-21(24)18-12-7-10-16-9-4-5-11-17(16)18/h4-5,7,9-12,14-15,19H,3,6,8,13H2,1-2H3,(H,22,23)/t14-,15+,19-/m0/s1. The topological polar surface area (TPSA) is 55.4 Å². The number of carbonyl (C=O) groups excluding carboxylic acids is 2. The summed E-state index contributed by atoms with van der Waals surface area (Å²) >= 11 is 0. The summed E-state index contributed by atoms with van der Waals surface area (Å²) in [6.45, 7) is 3.79. The number of carbonyl (C=O) groups is 2. The van der Waals surface area contributed by atoms with Crippen LogP contribution >= 0.6 is 0 Å². The molecule has 1 fully saturated rings. The van der Waals surface area contributed by atoms with Crippen LogP contribution in [0.5, 0.6) is 0 Å². The summed E-state index contributed by atoms with van der Waals surface area (Å²) in [7, 11) is 0. The summed E-state index contributed by atoms with van der Waals surface area (Å²) in [5.41, 5.74) is 0.490. The Morgan fingerprint density at radius 3 is 2.60 bits per heavy atom. The maximum Gasteiger partial charge on any atom is 0.339 e. The first kappa shape index (κ1) is 17.5. The van der Waals surface area contributed by atoms with Crippen molar-refractivity contribution in [3.63, 3.8) is 0 Å². The van der Waals surface area contributed by atoms with E-state index < -0.39 is 12.1 Å². The number of ether oxygens (including phenoxy) is 1. The number of nitrogens with one attached hydrogen (secondary N) is 1. The Balaban J connectivity index is 1.66. The van der Waals surface area contributed by atoms with Crippen molar-refractivity contribution >= 4 is 22.6 Å². The van der Waals surface area contributed by atoms with E-state index >= 15 is 0 Å². The van der Waals surface area contributed by atoms with Gasteiger partial charge in [0.15, 0.2) is 6.10 Å². The van der Waals surface area contributed by atoms with E-state index in [1.807, 2.05) is 36.4 Å². The molecule has 2 aromatic carbocycles. The van der Waals surface area contributed by atoms with Gasteiger partial charge in [0.05, 0.1) is 5.56 Å². The zero-order valence-electron chi connectivity index (χ0n) is 14.8. The lowest BCUT2D eigenvalue weighted by molar-refractivity contribution is -0.130. The molecule has 0 spiro atoms. The quantitative estimate of drug-likeness (QED) is 0.854. The Morgan fingerprint density at radius 2 is 1.80 bits per heavy atom. The molecule has 1 aliphatic carbocycles. The third-order valence-electron chi connectivity index (χ3n) is 5.10. The number of amides is 1. The first-order valence-corrected chi connectivity index (χ1v) is 9.05. The van der Waals surface area contributed by atoms with Gasteiger partial charge in [0, 0.05) is 6.04 Å². The van der Waals surface area contributed by atoms with E-state index in [-0.39, 0.29) is 11.9 Å². The molecule has 1 N–H and O–H groups in total. The maximum absolute atomic E-state index is 12.5. The summed E-state index contributed by atoms with van der Waals surface area (Å²) in [6.07, 6.45) is 3.69. The lowest BCUT2D eigenvalue weighted by Crippen LogP contribution is -2.46. The predicted molar refractivity (Wildman–Crippen MR) is 98.4 cm³/mol. The normalized spacial score (nSPS) is 21.5. The Bertz CT molecular complexity index is 765. The van der Waals surface area contributed by atoms with E-state index in [0.717, 1.165) is 30.0 Å². The van der Waals surface area contributed by atoms with Crippen LogP contribution in [0.15, 0.2) is 42.5 Å². The van der Waals surface area contributed by atoms with Gasteiger partial charge in [0.25, 0.3) is 5.91 Å². The van der Waals surface area contributed by atoms with Crippen LogP contribution in [-0.2, 0) is 9.53 Å². The lowest BCUT2D eigenvalue weighted by atomic mass is 9.86. The van der Waals surface area contributed by atoms with Crippen molar-refractivity contribution in [2.45, 2.75) is 51.7 Å². The van der Waals surface area contributed by atoms with E-state index in [4.69, 9.17) is 4.74 Å². The third kappa shape index (κ3) is 4.01.